The van der Waals surface area contributed by atoms with Gasteiger partial charge >= 0.3 is 0 Å². The number of nitrogens with zero attached hydrogens (tertiary/aromatic N) is 3. The molecular weight excluding hydrogens is 392 g/mol. The third kappa shape index (κ3) is 4.16. The van der Waals surface area contributed by atoms with Crippen molar-refractivity contribution in [3.05, 3.63) is 87.8 Å². The maximum atomic E-state index is 12.9. The van der Waals surface area contributed by atoms with Crippen LogP contribution >= 0.6 is 0 Å². The highest BCUT2D eigenvalue weighted by Crippen LogP contribution is 2.23. The van der Waals surface area contributed by atoms with Crippen molar-refractivity contribution < 1.29 is 9.32 Å². The van der Waals surface area contributed by atoms with Crippen LogP contribution in [0.1, 0.15) is 16.7 Å². The van der Waals surface area contributed by atoms with Crippen molar-refractivity contribution in [2.45, 2.75) is 27.3 Å². The number of pyridine rings is 1. The van der Waals surface area contributed by atoms with Gasteiger partial charge in [-0.25, -0.2) is 0 Å². The molecule has 0 unspecified atom stereocenters. The van der Waals surface area contributed by atoms with E-state index in [1.54, 1.807) is 18.3 Å². The topological polar surface area (TPSA) is 90.0 Å². The summed E-state index contributed by atoms with van der Waals surface area (Å²) in [7, 11) is 0. The molecule has 1 N–H and O–H groups in total. The van der Waals surface area contributed by atoms with E-state index < -0.39 is 0 Å². The van der Waals surface area contributed by atoms with Crippen molar-refractivity contribution in [1.82, 2.24) is 14.7 Å². The van der Waals surface area contributed by atoms with Crippen LogP contribution in [0.2, 0.25) is 0 Å². The number of amides is 1. The lowest BCUT2D eigenvalue weighted by Crippen LogP contribution is -2.28. The average molecular weight is 414 g/mol. The number of aryl methyl sites for hydroxylation is 2. The van der Waals surface area contributed by atoms with Gasteiger partial charge in [-0.3, -0.25) is 9.59 Å². The lowest BCUT2D eigenvalue weighted by Gasteiger charge is -2.11. The van der Waals surface area contributed by atoms with Crippen LogP contribution in [0.25, 0.3) is 22.8 Å². The van der Waals surface area contributed by atoms with Crippen LogP contribution in [0.15, 0.2) is 70.1 Å². The quantitative estimate of drug-likeness (QED) is 0.530. The second-order valence-corrected chi connectivity index (χ2v) is 7.39. The molecule has 0 saturated carbocycles. The summed E-state index contributed by atoms with van der Waals surface area (Å²) in [6, 6.07) is 16.7. The van der Waals surface area contributed by atoms with Crippen LogP contribution in [-0.2, 0) is 11.3 Å². The van der Waals surface area contributed by atoms with Crippen LogP contribution in [0.5, 0.6) is 0 Å². The highest BCUT2D eigenvalue weighted by atomic mass is 16.5. The number of carbonyl (C=O) groups is 1. The van der Waals surface area contributed by atoms with Crippen LogP contribution < -0.4 is 10.9 Å². The van der Waals surface area contributed by atoms with Gasteiger partial charge in [-0.2, -0.15) is 4.98 Å². The number of carbonyl (C=O) groups excluding carboxylic acids is 1. The first kappa shape index (κ1) is 20.3. The molecule has 0 aliphatic rings. The molecule has 0 aliphatic heterocycles. The van der Waals surface area contributed by atoms with Gasteiger partial charge in [0.1, 0.15) is 12.1 Å². The first-order valence-corrected chi connectivity index (χ1v) is 9.89. The average Bonchev–Trinajstić information content (AvgIpc) is 3.23. The Morgan fingerprint density at radius 2 is 1.71 bits per heavy atom. The van der Waals surface area contributed by atoms with Crippen molar-refractivity contribution in [2.75, 3.05) is 5.32 Å². The fourth-order valence-electron chi connectivity index (χ4n) is 3.32. The summed E-state index contributed by atoms with van der Waals surface area (Å²) in [5.41, 5.74) is 4.51. The van der Waals surface area contributed by atoms with Gasteiger partial charge in [0, 0.05) is 17.4 Å². The Balaban J connectivity index is 1.58. The molecule has 0 aliphatic carbocycles. The van der Waals surface area contributed by atoms with Gasteiger partial charge < -0.3 is 14.4 Å². The Morgan fingerprint density at radius 3 is 2.52 bits per heavy atom. The molecule has 0 atom stereocenters. The van der Waals surface area contributed by atoms with E-state index in [2.05, 4.69) is 15.5 Å². The van der Waals surface area contributed by atoms with Crippen molar-refractivity contribution in [3.63, 3.8) is 0 Å². The number of rotatable bonds is 5. The Morgan fingerprint density at radius 1 is 0.968 bits per heavy atom. The third-order valence-corrected chi connectivity index (χ3v) is 5.26. The predicted octanol–water partition coefficient (Wildman–Crippen LogP) is 4.13. The molecule has 0 radical (unpaired) electrons. The fourth-order valence-corrected chi connectivity index (χ4v) is 3.32. The molecule has 156 valence electrons. The molecule has 0 fully saturated rings. The zero-order valence-corrected chi connectivity index (χ0v) is 17.5. The number of anilines is 1. The van der Waals surface area contributed by atoms with Gasteiger partial charge in [0.2, 0.25) is 11.7 Å². The molecule has 2 aromatic heterocycles. The first-order valence-electron chi connectivity index (χ1n) is 9.89. The van der Waals surface area contributed by atoms with E-state index in [4.69, 9.17) is 4.52 Å². The molecule has 31 heavy (non-hydrogen) atoms. The van der Waals surface area contributed by atoms with Crippen molar-refractivity contribution in [2.24, 2.45) is 0 Å². The molecule has 7 heteroatoms. The maximum Gasteiger partial charge on any atom is 0.263 e. The van der Waals surface area contributed by atoms with Crippen LogP contribution in [0.4, 0.5) is 5.69 Å². The van der Waals surface area contributed by atoms with E-state index in [1.165, 1.54) is 4.57 Å². The molecule has 0 bridgehead atoms. The molecule has 2 aromatic carbocycles. The summed E-state index contributed by atoms with van der Waals surface area (Å²) < 4.78 is 6.68. The third-order valence-electron chi connectivity index (χ3n) is 5.26. The molecule has 0 saturated heterocycles. The lowest BCUT2D eigenvalue weighted by atomic mass is 10.1. The van der Waals surface area contributed by atoms with Gasteiger partial charge in [0.25, 0.3) is 11.4 Å². The minimum atomic E-state index is -0.376. The normalized spacial score (nSPS) is 10.8. The Hall–Kier alpha value is -4.00. The molecular formula is C24H22N4O3. The standard InChI is InChI=1S/C24H22N4O3/c1-15-9-6-12-20(17(15)3)25-21(29)14-28-13-7-11-19(24(28)30)23-26-22(27-31-23)18-10-5-4-8-16(18)2/h4-13H,14H2,1-3H3,(H,25,29). The molecule has 0 spiro atoms. The minimum absolute atomic E-state index is 0.118. The summed E-state index contributed by atoms with van der Waals surface area (Å²) in [6.07, 6.45) is 1.56. The number of benzene rings is 2. The zero-order chi connectivity index (χ0) is 22.0. The van der Waals surface area contributed by atoms with E-state index in [9.17, 15) is 9.59 Å². The zero-order valence-electron chi connectivity index (χ0n) is 17.5. The number of nitrogens with one attached hydrogen (secondary N) is 1. The van der Waals surface area contributed by atoms with E-state index in [0.717, 1.165) is 27.9 Å². The first-order chi connectivity index (χ1) is 14.9. The monoisotopic (exact) mass is 414 g/mol. The highest BCUT2D eigenvalue weighted by molar-refractivity contribution is 5.91. The summed E-state index contributed by atoms with van der Waals surface area (Å²) in [5, 5.41) is 6.88. The summed E-state index contributed by atoms with van der Waals surface area (Å²) >= 11 is 0. The van der Waals surface area contributed by atoms with E-state index >= 15 is 0 Å². The molecule has 4 rings (SSSR count). The fraction of sp³-hybridized carbons (Fsp3) is 0.167. The smallest absolute Gasteiger partial charge is 0.263 e. The summed E-state index contributed by atoms with van der Waals surface area (Å²) in [6.45, 7) is 5.75. The number of hydrogen-bond acceptors (Lipinski definition) is 5. The highest BCUT2D eigenvalue weighted by Gasteiger charge is 2.17. The Kier molecular flexibility index (Phi) is 5.49. The van der Waals surface area contributed by atoms with E-state index in [-0.39, 0.29) is 29.5 Å². The second-order valence-electron chi connectivity index (χ2n) is 7.39. The predicted molar refractivity (Wildman–Crippen MR) is 119 cm³/mol. The molecule has 2 heterocycles. The maximum absolute atomic E-state index is 12.9. The molecule has 4 aromatic rings. The van der Waals surface area contributed by atoms with Crippen LogP contribution in [-0.4, -0.2) is 20.6 Å². The van der Waals surface area contributed by atoms with Crippen molar-refractivity contribution in [3.8, 4) is 22.8 Å². The molecule has 7 nitrogen and oxygen atoms in total. The van der Waals surface area contributed by atoms with Gasteiger partial charge in [0.05, 0.1) is 0 Å². The van der Waals surface area contributed by atoms with Gasteiger partial charge in [0.15, 0.2) is 0 Å². The Labute approximate surface area is 179 Å². The van der Waals surface area contributed by atoms with Crippen molar-refractivity contribution in [1.29, 1.82) is 0 Å². The van der Waals surface area contributed by atoms with Crippen LogP contribution in [0, 0.1) is 20.8 Å². The summed E-state index contributed by atoms with van der Waals surface area (Å²) in [5.74, 6) is 0.238. The second kappa shape index (κ2) is 8.39. The van der Waals surface area contributed by atoms with Crippen LogP contribution in [0.3, 0.4) is 0 Å². The number of hydrogen-bond donors (Lipinski definition) is 1. The lowest BCUT2D eigenvalue weighted by molar-refractivity contribution is -0.116. The van der Waals surface area contributed by atoms with Crippen molar-refractivity contribution >= 4 is 11.6 Å². The molecule has 1 amide bonds. The van der Waals surface area contributed by atoms with E-state index in [1.807, 2.05) is 63.2 Å². The van der Waals surface area contributed by atoms with Gasteiger partial charge in [-0.05, 0) is 55.7 Å². The van der Waals surface area contributed by atoms with Gasteiger partial charge in [-0.15, -0.1) is 0 Å². The van der Waals surface area contributed by atoms with E-state index in [0.29, 0.717) is 5.82 Å². The van der Waals surface area contributed by atoms with Gasteiger partial charge in [-0.1, -0.05) is 41.6 Å². The number of aromatic nitrogens is 3. The Bertz CT molecular complexity index is 1320. The SMILES string of the molecule is Cc1ccccc1-c1noc(-c2cccn(CC(=O)Nc3cccc(C)c3C)c2=O)n1. The largest absolute Gasteiger partial charge is 0.333 e. The minimum Gasteiger partial charge on any atom is -0.333 e. The summed E-state index contributed by atoms with van der Waals surface area (Å²) in [4.78, 5) is 29.9.